The normalized spacial score (nSPS) is 11.6. The van der Waals surface area contributed by atoms with E-state index in [1.165, 1.54) is 0 Å². The van der Waals surface area contributed by atoms with Crippen LogP contribution in [0.3, 0.4) is 0 Å². The van der Waals surface area contributed by atoms with Crippen molar-refractivity contribution in [2.24, 2.45) is 0 Å². The Labute approximate surface area is 146 Å². The number of amides is 2. The quantitative estimate of drug-likeness (QED) is 0.843. The average Bonchev–Trinajstić information content (AvgIpc) is 2.57. The van der Waals surface area contributed by atoms with Gasteiger partial charge in [0, 0.05) is 28.9 Å². The molecule has 0 aliphatic rings. The first-order valence-corrected chi connectivity index (χ1v) is 7.83. The predicted octanol–water partition coefficient (Wildman–Crippen LogP) is 3.24. The second-order valence-electron chi connectivity index (χ2n) is 5.28. The highest BCUT2D eigenvalue weighted by Crippen LogP contribution is 2.16. The first kappa shape index (κ1) is 18.0. The van der Waals surface area contributed by atoms with Crippen molar-refractivity contribution < 1.29 is 14.3 Å². The van der Waals surface area contributed by atoms with Crippen molar-refractivity contribution in [2.75, 3.05) is 12.4 Å². The highest BCUT2D eigenvalue weighted by molar-refractivity contribution is 6.30. The Morgan fingerprint density at radius 2 is 1.79 bits per heavy atom. The SMILES string of the molecule is COCc1ccccc1NC(=O)[C@H](C)NC(=O)c1ccc(Cl)cc1. The van der Waals surface area contributed by atoms with Crippen LogP contribution >= 0.6 is 11.6 Å². The van der Waals surface area contributed by atoms with E-state index in [-0.39, 0.29) is 11.8 Å². The lowest BCUT2D eigenvalue weighted by atomic mass is 10.1. The van der Waals surface area contributed by atoms with Crippen LogP contribution < -0.4 is 10.6 Å². The summed E-state index contributed by atoms with van der Waals surface area (Å²) in [6.07, 6.45) is 0. The van der Waals surface area contributed by atoms with Crippen molar-refractivity contribution in [1.82, 2.24) is 5.32 Å². The maximum absolute atomic E-state index is 12.3. The molecule has 0 aliphatic heterocycles. The topological polar surface area (TPSA) is 67.4 Å². The molecule has 6 heteroatoms. The maximum Gasteiger partial charge on any atom is 0.251 e. The molecule has 2 rings (SSSR count). The van der Waals surface area contributed by atoms with Gasteiger partial charge in [-0.2, -0.15) is 0 Å². The number of rotatable bonds is 6. The third-order valence-corrected chi connectivity index (χ3v) is 3.67. The largest absolute Gasteiger partial charge is 0.380 e. The molecule has 0 aliphatic carbocycles. The Morgan fingerprint density at radius 1 is 1.12 bits per heavy atom. The molecule has 1 atom stereocenters. The van der Waals surface area contributed by atoms with Gasteiger partial charge in [0.05, 0.1) is 6.61 Å². The molecule has 0 spiro atoms. The van der Waals surface area contributed by atoms with Gasteiger partial charge in [0.1, 0.15) is 6.04 Å². The third kappa shape index (κ3) is 4.81. The monoisotopic (exact) mass is 346 g/mol. The first-order chi connectivity index (χ1) is 11.5. The van der Waals surface area contributed by atoms with E-state index in [4.69, 9.17) is 16.3 Å². The number of carbonyl (C=O) groups excluding carboxylic acids is 2. The minimum Gasteiger partial charge on any atom is -0.380 e. The van der Waals surface area contributed by atoms with Gasteiger partial charge in [-0.1, -0.05) is 29.8 Å². The first-order valence-electron chi connectivity index (χ1n) is 7.45. The van der Waals surface area contributed by atoms with Gasteiger partial charge in [-0.3, -0.25) is 9.59 Å². The van der Waals surface area contributed by atoms with E-state index in [1.54, 1.807) is 44.4 Å². The predicted molar refractivity (Wildman–Crippen MR) is 94.2 cm³/mol. The maximum atomic E-state index is 12.3. The minimum atomic E-state index is -0.691. The van der Waals surface area contributed by atoms with Gasteiger partial charge in [-0.15, -0.1) is 0 Å². The number of hydrogen-bond acceptors (Lipinski definition) is 3. The number of nitrogens with one attached hydrogen (secondary N) is 2. The van der Waals surface area contributed by atoms with Crippen LogP contribution in [0.25, 0.3) is 0 Å². The summed E-state index contributed by atoms with van der Waals surface area (Å²) in [5.41, 5.74) is 1.97. The van der Waals surface area contributed by atoms with Gasteiger partial charge < -0.3 is 15.4 Å². The second kappa shape index (κ2) is 8.47. The Hall–Kier alpha value is -2.37. The summed E-state index contributed by atoms with van der Waals surface area (Å²) in [6.45, 7) is 2.02. The van der Waals surface area contributed by atoms with Crippen LogP contribution in [-0.2, 0) is 16.1 Å². The van der Waals surface area contributed by atoms with Gasteiger partial charge in [0.15, 0.2) is 0 Å². The highest BCUT2D eigenvalue weighted by Gasteiger charge is 2.17. The molecule has 0 bridgehead atoms. The summed E-state index contributed by atoms with van der Waals surface area (Å²) in [4.78, 5) is 24.4. The number of methoxy groups -OCH3 is 1. The lowest BCUT2D eigenvalue weighted by Crippen LogP contribution is -2.41. The van der Waals surface area contributed by atoms with Crippen molar-refractivity contribution >= 4 is 29.1 Å². The Bertz CT molecular complexity index is 716. The molecule has 2 N–H and O–H groups in total. The number of carbonyl (C=O) groups is 2. The number of anilines is 1. The molecule has 5 nitrogen and oxygen atoms in total. The summed E-state index contributed by atoms with van der Waals surface area (Å²) in [6, 6.07) is 13.1. The van der Waals surface area contributed by atoms with Crippen LogP contribution in [0.5, 0.6) is 0 Å². The molecule has 0 unspecified atom stereocenters. The molecule has 2 aromatic carbocycles. The molecule has 2 amide bonds. The van der Waals surface area contributed by atoms with Crippen molar-refractivity contribution in [3.8, 4) is 0 Å². The van der Waals surface area contributed by atoms with Crippen LogP contribution in [0.1, 0.15) is 22.8 Å². The second-order valence-corrected chi connectivity index (χ2v) is 5.72. The van der Waals surface area contributed by atoms with E-state index in [0.717, 1.165) is 5.56 Å². The van der Waals surface area contributed by atoms with Gasteiger partial charge in [0.2, 0.25) is 5.91 Å². The lowest BCUT2D eigenvalue weighted by molar-refractivity contribution is -0.117. The van der Waals surface area contributed by atoms with Crippen molar-refractivity contribution in [1.29, 1.82) is 0 Å². The number of halogens is 1. The summed E-state index contributed by atoms with van der Waals surface area (Å²) in [5.74, 6) is -0.639. The van der Waals surface area contributed by atoms with Crippen LogP contribution in [0.4, 0.5) is 5.69 Å². The van der Waals surface area contributed by atoms with Crippen LogP contribution in [0, 0.1) is 0 Å². The summed E-state index contributed by atoms with van der Waals surface area (Å²) >= 11 is 5.80. The standard InChI is InChI=1S/C18H19ClN2O3/c1-12(20-18(23)13-7-9-15(19)10-8-13)17(22)21-16-6-4-3-5-14(16)11-24-2/h3-10,12H,11H2,1-2H3,(H,20,23)(H,21,22)/t12-/m0/s1. The van der Waals surface area contributed by atoms with Crippen molar-refractivity contribution in [3.05, 3.63) is 64.7 Å². The van der Waals surface area contributed by atoms with Crippen LogP contribution in [0.2, 0.25) is 5.02 Å². The van der Waals surface area contributed by atoms with Gasteiger partial charge >= 0.3 is 0 Å². The fourth-order valence-electron chi connectivity index (χ4n) is 2.11. The fourth-order valence-corrected chi connectivity index (χ4v) is 2.24. The molecule has 0 saturated heterocycles. The van der Waals surface area contributed by atoms with Gasteiger partial charge in [-0.05, 0) is 37.3 Å². The lowest BCUT2D eigenvalue weighted by Gasteiger charge is -2.16. The Kier molecular flexibility index (Phi) is 6.35. The zero-order chi connectivity index (χ0) is 17.5. The minimum absolute atomic E-state index is 0.305. The van der Waals surface area contributed by atoms with E-state index < -0.39 is 6.04 Å². The fraction of sp³-hybridized carbons (Fsp3) is 0.222. The molecular weight excluding hydrogens is 328 g/mol. The molecule has 0 radical (unpaired) electrons. The Morgan fingerprint density at radius 3 is 2.46 bits per heavy atom. The number of hydrogen-bond donors (Lipinski definition) is 2. The van der Waals surface area contributed by atoms with Gasteiger partial charge in [-0.25, -0.2) is 0 Å². The van der Waals surface area contributed by atoms with E-state index in [2.05, 4.69) is 10.6 Å². The molecule has 0 saturated carbocycles. The van der Waals surface area contributed by atoms with E-state index >= 15 is 0 Å². The zero-order valence-electron chi connectivity index (χ0n) is 13.5. The zero-order valence-corrected chi connectivity index (χ0v) is 14.3. The highest BCUT2D eigenvalue weighted by atomic mass is 35.5. The molecule has 0 fully saturated rings. The summed E-state index contributed by atoms with van der Waals surface area (Å²) in [7, 11) is 1.59. The summed E-state index contributed by atoms with van der Waals surface area (Å²) < 4.78 is 5.11. The molecule has 0 heterocycles. The average molecular weight is 347 g/mol. The van der Waals surface area contributed by atoms with Gasteiger partial charge in [0.25, 0.3) is 5.91 Å². The van der Waals surface area contributed by atoms with E-state index in [0.29, 0.717) is 22.9 Å². The Balaban J connectivity index is 1.99. The number of benzene rings is 2. The number of ether oxygens (including phenoxy) is 1. The van der Waals surface area contributed by atoms with E-state index in [1.807, 2.05) is 18.2 Å². The molecular formula is C18H19ClN2O3. The van der Waals surface area contributed by atoms with Crippen molar-refractivity contribution in [3.63, 3.8) is 0 Å². The summed E-state index contributed by atoms with van der Waals surface area (Å²) in [5, 5.41) is 6.02. The van der Waals surface area contributed by atoms with Crippen molar-refractivity contribution in [2.45, 2.75) is 19.6 Å². The van der Waals surface area contributed by atoms with E-state index in [9.17, 15) is 9.59 Å². The molecule has 126 valence electrons. The van der Waals surface area contributed by atoms with Crippen LogP contribution in [0.15, 0.2) is 48.5 Å². The third-order valence-electron chi connectivity index (χ3n) is 3.42. The smallest absolute Gasteiger partial charge is 0.251 e. The molecule has 24 heavy (non-hydrogen) atoms. The number of para-hydroxylation sites is 1. The molecule has 2 aromatic rings. The van der Waals surface area contributed by atoms with Crippen LogP contribution in [-0.4, -0.2) is 25.0 Å². The molecule has 0 aromatic heterocycles.